The van der Waals surface area contributed by atoms with Crippen molar-refractivity contribution in [1.29, 1.82) is 0 Å². The van der Waals surface area contributed by atoms with Gasteiger partial charge in [-0.2, -0.15) is 4.31 Å². The number of aromatic nitrogens is 1. The van der Waals surface area contributed by atoms with Gasteiger partial charge in [-0.25, -0.2) is 8.42 Å². The van der Waals surface area contributed by atoms with E-state index in [2.05, 4.69) is 4.98 Å². The Labute approximate surface area is 146 Å². The molecule has 2 heterocycles. The third-order valence-corrected chi connectivity index (χ3v) is 6.20. The molecule has 0 bridgehead atoms. The highest BCUT2D eigenvalue weighted by Crippen LogP contribution is 2.20. The molecule has 1 amide bonds. The number of H-pyrrole nitrogens is 1. The van der Waals surface area contributed by atoms with Crippen LogP contribution in [-0.2, 0) is 10.0 Å². The Bertz CT molecular complexity index is 804. The fraction of sp³-hybridized carbons (Fsp3) is 0.312. The van der Waals surface area contributed by atoms with Crippen LogP contribution >= 0.6 is 11.6 Å². The number of sulfonamides is 1. The van der Waals surface area contributed by atoms with E-state index in [9.17, 15) is 13.2 Å². The molecular formula is C16H18ClN3O3S. The van der Waals surface area contributed by atoms with Gasteiger partial charge in [-0.3, -0.25) is 4.79 Å². The van der Waals surface area contributed by atoms with E-state index >= 15 is 0 Å². The van der Waals surface area contributed by atoms with Gasteiger partial charge >= 0.3 is 0 Å². The van der Waals surface area contributed by atoms with Crippen LogP contribution in [0.4, 0.5) is 0 Å². The van der Waals surface area contributed by atoms with E-state index < -0.39 is 10.0 Å². The predicted octanol–water partition coefficient (Wildman–Crippen LogP) is 2.20. The summed E-state index contributed by atoms with van der Waals surface area (Å²) in [5, 5.41) is 0.494. The first-order chi connectivity index (χ1) is 11.5. The van der Waals surface area contributed by atoms with Crippen LogP contribution in [0.25, 0.3) is 0 Å². The summed E-state index contributed by atoms with van der Waals surface area (Å²) in [6, 6.07) is 7.86. The van der Waals surface area contributed by atoms with Crippen molar-refractivity contribution in [3.8, 4) is 0 Å². The normalized spacial score (nSPS) is 16.8. The maximum absolute atomic E-state index is 12.7. The topological polar surface area (TPSA) is 73.5 Å². The van der Waals surface area contributed by atoms with Gasteiger partial charge in [-0.05, 0) is 36.8 Å². The van der Waals surface area contributed by atoms with Gasteiger partial charge in [0.25, 0.3) is 5.91 Å². The molecule has 1 saturated heterocycles. The zero-order chi connectivity index (χ0) is 17.2. The Morgan fingerprint density at radius 1 is 1.04 bits per heavy atom. The van der Waals surface area contributed by atoms with E-state index in [0.717, 1.165) is 0 Å². The molecule has 0 radical (unpaired) electrons. The number of hydrogen-bond acceptors (Lipinski definition) is 3. The molecule has 6 nitrogen and oxygen atoms in total. The Hall–Kier alpha value is -1.83. The first-order valence-electron chi connectivity index (χ1n) is 7.66. The highest BCUT2D eigenvalue weighted by atomic mass is 35.5. The molecule has 1 aromatic heterocycles. The van der Waals surface area contributed by atoms with Crippen molar-refractivity contribution in [1.82, 2.24) is 14.2 Å². The molecule has 8 heteroatoms. The van der Waals surface area contributed by atoms with Gasteiger partial charge in [-0.1, -0.05) is 11.6 Å². The van der Waals surface area contributed by atoms with Crippen molar-refractivity contribution in [3.63, 3.8) is 0 Å². The molecule has 1 N–H and O–H groups in total. The zero-order valence-corrected chi connectivity index (χ0v) is 14.6. The fourth-order valence-corrected chi connectivity index (χ4v) is 4.33. The first kappa shape index (κ1) is 17.0. The summed E-state index contributed by atoms with van der Waals surface area (Å²) in [6.07, 6.45) is 3.95. The summed E-state index contributed by atoms with van der Waals surface area (Å²) in [5.41, 5.74) is 0.587. The summed E-state index contributed by atoms with van der Waals surface area (Å²) in [7, 11) is -3.57. The van der Waals surface area contributed by atoms with Crippen LogP contribution in [0.15, 0.2) is 47.6 Å². The first-order valence-corrected chi connectivity index (χ1v) is 9.48. The Morgan fingerprint density at radius 3 is 2.46 bits per heavy atom. The number of aromatic amines is 1. The molecule has 1 aliphatic heterocycles. The van der Waals surface area contributed by atoms with Gasteiger partial charge in [0.2, 0.25) is 10.0 Å². The van der Waals surface area contributed by atoms with E-state index in [4.69, 9.17) is 11.6 Å². The average molecular weight is 368 g/mol. The van der Waals surface area contributed by atoms with Gasteiger partial charge in [0.1, 0.15) is 0 Å². The summed E-state index contributed by atoms with van der Waals surface area (Å²) >= 11 is 5.82. The quantitative estimate of drug-likeness (QED) is 0.903. The number of halogens is 1. The minimum absolute atomic E-state index is 0.0815. The van der Waals surface area contributed by atoms with Gasteiger partial charge in [0.05, 0.1) is 10.5 Å². The van der Waals surface area contributed by atoms with Crippen LogP contribution in [0.2, 0.25) is 5.02 Å². The van der Waals surface area contributed by atoms with Crippen LogP contribution < -0.4 is 0 Å². The Morgan fingerprint density at radius 2 is 1.79 bits per heavy atom. The molecule has 3 rings (SSSR count). The molecule has 0 spiro atoms. The van der Waals surface area contributed by atoms with Crippen molar-refractivity contribution in [2.45, 2.75) is 11.3 Å². The van der Waals surface area contributed by atoms with E-state index in [-0.39, 0.29) is 17.3 Å². The molecule has 0 unspecified atom stereocenters. The highest BCUT2D eigenvalue weighted by molar-refractivity contribution is 7.89. The van der Waals surface area contributed by atoms with Crippen LogP contribution in [-0.4, -0.2) is 54.7 Å². The number of amides is 1. The molecule has 24 heavy (non-hydrogen) atoms. The summed E-state index contributed by atoms with van der Waals surface area (Å²) in [5.74, 6) is -0.0815. The molecule has 0 aliphatic carbocycles. The molecule has 0 atom stereocenters. The van der Waals surface area contributed by atoms with Crippen LogP contribution in [0, 0.1) is 0 Å². The van der Waals surface area contributed by atoms with Crippen molar-refractivity contribution in [2.24, 2.45) is 0 Å². The van der Waals surface area contributed by atoms with Crippen molar-refractivity contribution in [2.75, 3.05) is 26.2 Å². The fourth-order valence-electron chi connectivity index (χ4n) is 2.73. The van der Waals surface area contributed by atoms with Crippen molar-refractivity contribution < 1.29 is 13.2 Å². The SMILES string of the molecule is O=C(c1cc[nH]c1)N1CCCN(S(=O)(=O)c2ccc(Cl)cc2)CC1. The van der Waals surface area contributed by atoms with Gasteiger partial charge < -0.3 is 9.88 Å². The molecule has 1 aromatic carbocycles. The lowest BCUT2D eigenvalue weighted by Gasteiger charge is -2.21. The van der Waals surface area contributed by atoms with E-state index in [1.807, 2.05) is 0 Å². The lowest BCUT2D eigenvalue weighted by atomic mass is 10.3. The monoisotopic (exact) mass is 367 g/mol. The van der Waals surface area contributed by atoms with E-state index in [1.54, 1.807) is 35.5 Å². The van der Waals surface area contributed by atoms with Crippen molar-refractivity contribution in [3.05, 3.63) is 53.3 Å². The third-order valence-electron chi connectivity index (χ3n) is 4.04. The van der Waals surface area contributed by atoms with Gasteiger partial charge in [-0.15, -0.1) is 0 Å². The molecule has 0 saturated carbocycles. The summed E-state index contributed by atoms with van der Waals surface area (Å²) in [4.78, 5) is 17.2. The maximum Gasteiger partial charge on any atom is 0.255 e. The molecular weight excluding hydrogens is 350 g/mol. The van der Waals surface area contributed by atoms with Crippen LogP contribution in [0.1, 0.15) is 16.8 Å². The minimum Gasteiger partial charge on any atom is -0.367 e. The Balaban J connectivity index is 1.73. The minimum atomic E-state index is -3.57. The largest absolute Gasteiger partial charge is 0.367 e. The van der Waals surface area contributed by atoms with Gasteiger partial charge in [0, 0.05) is 43.6 Å². The van der Waals surface area contributed by atoms with Crippen molar-refractivity contribution >= 4 is 27.5 Å². The number of nitrogens with one attached hydrogen (secondary N) is 1. The molecule has 2 aromatic rings. The lowest BCUT2D eigenvalue weighted by molar-refractivity contribution is 0.0764. The zero-order valence-electron chi connectivity index (χ0n) is 13.0. The van der Waals surface area contributed by atoms with Gasteiger partial charge in [0.15, 0.2) is 0 Å². The highest BCUT2D eigenvalue weighted by Gasteiger charge is 2.28. The average Bonchev–Trinajstić information content (AvgIpc) is 2.98. The summed E-state index contributed by atoms with van der Waals surface area (Å²) in [6.45, 7) is 1.58. The number of benzene rings is 1. The Kier molecular flexibility index (Phi) is 4.93. The second-order valence-corrected chi connectivity index (χ2v) is 7.98. The number of hydrogen-bond donors (Lipinski definition) is 1. The smallest absolute Gasteiger partial charge is 0.255 e. The molecule has 128 valence electrons. The lowest BCUT2D eigenvalue weighted by Crippen LogP contribution is -2.37. The van der Waals surface area contributed by atoms with Crippen LogP contribution in [0.5, 0.6) is 0 Å². The predicted molar refractivity (Wildman–Crippen MR) is 91.5 cm³/mol. The maximum atomic E-state index is 12.7. The van der Waals surface area contributed by atoms with E-state index in [1.165, 1.54) is 16.4 Å². The van der Waals surface area contributed by atoms with Crippen LogP contribution in [0.3, 0.4) is 0 Å². The third kappa shape index (κ3) is 3.48. The second kappa shape index (κ2) is 6.96. The molecule has 1 fully saturated rings. The molecule has 1 aliphatic rings. The summed E-state index contributed by atoms with van der Waals surface area (Å²) < 4.78 is 26.9. The second-order valence-electron chi connectivity index (χ2n) is 5.60. The number of carbonyl (C=O) groups is 1. The van der Waals surface area contributed by atoms with E-state index in [0.29, 0.717) is 36.6 Å². The number of nitrogens with zero attached hydrogens (tertiary/aromatic N) is 2. The standard InChI is InChI=1S/C16H18ClN3O3S/c17-14-2-4-15(5-3-14)24(22,23)20-9-1-8-19(10-11-20)16(21)13-6-7-18-12-13/h2-7,12,18H,1,8-11H2. The number of rotatable bonds is 3. The number of carbonyl (C=O) groups excluding carboxylic acids is 1.